The van der Waals surface area contributed by atoms with Crippen molar-refractivity contribution >= 4 is 17.7 Å². The van der Waals surface area contributed by atoms with Crippen LogP contribution in [-0.2, 0) is 10.9 Å². The second-order valence-electron chi connectivity index (χ2n) is 6.00. The number of aromatic nitrogens is 1. The Kier molecular flexibility index (Phi) is 5.84. The maximum absolute atomic E-state index is 12.8. The van der Waals surface area contributed by atoms with E-state index in [1.54, 1.807) is 24.8 Å². The van der Waals surface area contributed by atoms with E-state index >= 15 is 0 Å². The molecule has 7 heteroatoms. The first-order valence-electron chi connectivity index (χ1n) is 8.55. The van der Waals surface area contributed by atoms with Crippen molar-refractivity contribution in [2.75, 3.05) is 12.9 Å². The molecule has 0 spiro atoms. The number of thioether (sulfide) groups is 1. The summed E-state index contributed by atoms with van der Waals surface area (Å²) in [6, 6.07) is 14.1. The van der Waals surface area contributed by atoms with Crippen LogP contribution in [0.5, 0.6) is 0 Å². The normalized spacial score (nSPS) is 11.5. The fraction of sp³-hybridized carbons (Fsp3) is 0.190. The molecule has 1 heterocycles. The fourth-order valence-electron chi connectivity index (χ4n) is 2.82. The Labute approximate surface area is 164 Å². The number of carbonyl (C=O) groups excluding carboxylic acids is 1. The largest absolute Gasteiger partial charge is 0.462 e. The van der Waals surface area contributed by atoms with Gasteiger partial charge >= 0.3 is 12.1 Å². The van der Waals surface area contributed by atoms with Gasteiger partial charge in [0, 0.05) is 10.6 Å². The van der Waals surface area contributed by atoms with Crippen molar-refractivity contribution in [3.05, 3.63) is 65.7 Å². The fourth-order valence-corrected chi connectivity index (χ4v) is 3.28. The monoisotopic (exact) mass is 405 g/mol. The molecule has 0 aliphatic heterocycles. The summed E-state index contributed by atoms with van der Waals surface area (Å²) < 4.78 is 43.6. The minimum absolute atomic E-state index is 0.226. The van der Waals surface area contributed by atoms with Crippen LogP contribution in [0.1, 0.15) is 22.8 Å². The van der Waals surface area contributed by atoms with Gasteiger partial charge in [-0.15, -0.1) is 11.8 Å². The zero-order valence-electron chi connectivity index (χ0n) is 15.3. The van der Waals surface area contributed by atoms with Gasteiger partial charge in [0.1, 0.15) is 0 Å². The Morgan fingerprint density at radius 2 is 1.79 bits per heavy atom. The van der Waals surface area contributed by atoms with Crippen LogP contribution in [-0.4, -0.2) is 23.8 Å². The van der Waals surface area contributed by atoms with Crippen molar-refractivity contribution in [1.29, 1.82) is 0 Å². The van der Waals surface area contributed by atoms with Gasteiger partial charge in [0.25, 0.3) is 0 Å². The van der Waals surface area contributed by atoms with E-state index in [-0.39, 0.29) is 6.61 Å². The molecule has 1 aromatic heterocycles. The molecule has 3 nitrogen and oxygen atoms in total. The quantitative estimate of drug-likeness (QED) is 0.402. The van der Waals surface area contributed by atoms with Crippen molar-refractivity contribution in [2.45, 2.75) is 18.0 Å². The van der Waals surface area contributed by atoms with Crippen molar-refractivity contribution in [1.82, 2.24) is 4.98 Å². The van der Waals surface area contributed by atoms with Gasteiger partial charge in [-0.2, -0.15) is 13.2 Å². The number of H-pyrrole nitrogens is 1. The Morgan fingerprint density at radius 3 is 2.39 bits per heavy atom. The third-order valence-electron chi connectivity index (χ3n) is 4.19. The van der Waals surface area contributed by atoms with Gasteiger partial charge < -0.3 is 9.72 Å². The summed E-state index contributed by atoms with van der Waals surface area (Å²) in [5.74, 6) is -0.485. The number of hydrogen-bond donors (Lipinski definition) is 1. The van der Waals surface area contributed by atoms with E-state index in [2.05, 4.69) is 4.98 Å². The smallest absolute Gasteiger partial charge is 0.416 e. The van der Waals surface area contributed by atoms with Gasteiger partial charge in [-0.05, 0) is 54.6 Å². The van der Waals surface area contributed by atoms with E-state index in [1.807, 2.05) is 30.5 Å². The minimum Gasteiger partial charge on any atom is -0.462 e. The van der Waals surface area contributed by atoms with E-state index < -0.39 is 17.7 Å². The molecular formula is C21H18F3NO2S. The lowest BCUT2D eigenvalue weighted by molar-refractivity contribution is -0.137. The molecule has 0 fully saturated rings. The summed E-state index contributed by atoms with van der Waals surface area (Å²) in [6.45, 7) is 1.94. The van der Waals surface area contributed by atoms with Crippen LogP contribution in [0.4, 0.5) is 13.2 Å². The Hall–Kier alpha value is -2.67. The lowest BCUT2D eigenvalue weighted by Crippen LogP contribution is -2.04. The molecular weight excluding hydrogens is 387 g/mol. The molecule has 2 aromatic carbocycles. The van der Waals surface area contributed by atoms with Crippen LogP contribution in [0.25, 0.3) is 22.5 Å². The van der Waals surface area contributed by atoms with Gasteiger partial charge in [-0.3, -0.25) is 0 Å². The zero-order valence-corrected chi connectivity index (χ0v) is 16.1. The molecule has 146 valence electrons. The molecule has 0 saturated heterocycles. The highest BCUT2D eigenvalue weighted by Gasteiger charge is 2.30. The number of halogens is 3. The van der Waals surface area contributed by atoms with E-state index in [9.17, 15) is 18.0 Å². The van der Waals surface area contributed by atoms with Crippen molar-refractivity contribution < 1.29 is 22.7 Å². The van der Waals surface area contributed by atoms with Crippen molar-refractivity contribution in [3.63, 3.8) is 0 Å². The Balaban J connectivity index is 2.07. The standard InChI is InChI=1S/C21H18F3NO2S/c1-3-27-20(26)17-12-18(13-7-9-15(10-8-13)21(22,23)24)25-19(17)14-5-4-6-16(11-14)28-2/h4-12,25H,3H2,1-2H3. The van der Waals surface area contributed by atoms with Crippen molar-refractivity contribution in [3.8, 4) is 22.5 Å². The first-order valence-corrected chi connectivity index (χ1v) is 9.78. The number of carbonyl (C=O) groups is 1. The average Bonchev–Trinajstić information content (AvgIpc) is 3.13. The molecule has 0 amide bonds. The first kappa shape index (κ1) is 20.1. The van der Waals surface area contributed by atoms with Crippen LogP contribution in [0.15, 0.2) is 59.5 Å². The number of benzene rings is 2. The first-order chi connectivity index (χ1) is 13.3. The zero-order chi connectivity index (χ0) is 20.3. The second-order valence-corrected chi connectivity index (χ2v) is 6.88. The lowest BCUT2D eigenvalue weighted by Gasteiger charge is -2.07. The van der Waals surface area contributed by atoms with Crippen LogP contribution in [0.2, 0.25) is 0 Å². The molecule has 0 saturated carbocycles. The molecule has 0 atom stereocenters. The maximum Gasteiger partial charge on any atom is 0.416 e. The number of hydrogen-bond acceptors (Lipinski definition) is 3. The molecule has 0 bridgehead atoms. The number of rotatable bonds is 5. The summed E-state index contributed by atoms with van der Waals surface area (Å²) in [5, 5.41) is 0. The van der Waals surface area contributed by atoms with Crippen LogP contribution < -0.4 is 0 Å². The minimum atomic E-state index is -4.40. The van der Waals surface area contributed by atoms with Gasteiger partial charge in [-0.25, -0.2) is 4.79 Å². The highest BCUT2D eigenvalue weighted by molar-refractivity contribution is 7.98. The third-order valence-corrected chi connectivity index (χ3v) is 4.92. The molecule has 0 aliphatic carbocycles. The van der Waals surface area contributed by atoms with Crippen molar-refractivity contribution in [2.24, 2.45) is 0 Å². The summed E-state index contributed by atoms with van der Waals surface area (Å²) >= 11 is 1.57. The number of nitrogens with one attached hydrogen (secondary N) is 1. The predicted molar refractivity (Wildman–Crippen MR) is 104 cm³/mol. The highest BCUT2D eigenvalue weighted by Crippen LogP contribution is 2.34. The van der Waals surface area contributed by atoms with Crippen LogP contribution in [0, 0.1) is 0 Å². The van der Waals surface area contributed by atoms with Crippen LogP contribution >= 0.6 is 11.8 Å². The van der Waals surface area contributed by atoms with E-state index in [1.165, 1.54) is 12.1 Å². The summed E-state index contributed by atoms with van der Waals surface area (Å²) in [7, 11) is 0. The SMILES string of the molecule is CCOC(=O)c1cc(-c2ccc(C(F)(F)F)cc2)[nH]c1-c1cccc(SC)c1. The average molecular weight is 405 g/mol. The van der Waals surface area contributed by atoms with Gasteiger partial charge in [-0.1, -0.05) is 24.3 Å². The molecule has 1 N–H and O–H groups in total. The maximum atomic E-state index is 12.8. The predicted octanol–water partition coefficient (Wildman–Crippen LogP) is 6.27. The number of aromatic amines is 1. The summed E-state index contributed by atoms with van der Waals surface area (Å²) in [5.41, 5.74) is 2.08. The Bertz CT molecular complexity index is 978. The van der Waals surface area contributed by atoms with Crippen LogP contribution in [0.3, 0.4) is 0 Å². The lowest BCUT2D eigenvalue weighted by atomic mass is 10.1. The number of alkyl halides is 3. The molecule has 3 aromatic rings. The highest BCUT2D eigenvalue weighted by atomic mass is 32.2. The molecule has 3 rings (SSSR count). The topological polar surface area (TPSA) is 42.1 Å². The third kappa shape index (κ3) is 4.25. The number of ether oxygens (including phenoxy) is 1. The number of esters is 1. The Morgan fingerprint density at radius 1 is 1.07 bits per heavy atom. The van der Waals surface area contributed by atoms with Gasteiger partial charge in [0.2, 0.25) is 0 Å². The molecule has 0 unspecified atom stereocenters. The summed E-state index contributed by atoms with van der Waals surface area (Å²) in [6.07, 6.45) is -2.44. The van der Waals surface area contributed by atoms with E-state index in [0.717, 1.165) is 22.6 Å². The molecule has 28 heavy (non-hydrogen) atoms. The molecule has 0 radical (unpaired) electrons. The second kappa shape index (κ2) is 8.14. The molecule has 0 aliphatic rings. The van der Waals surface area contributed by atoms with Gasteiger partial charge in [0.15, 0.2) is 0 Å². The van der Waals surface area contributed by atoms with E-state index in [4.69, 9.17) is 4.74 Å². The van der Waals surface area contributed by atoms with E-state index in [0.29, 0.717) is 22.5 Å². The van der Waals surface area contributed by atoms with Gasteiger partial charge in [0.05, 0.1) is 23.4 Å². The summed E-state index contributed by atoms with van der Waals surface area (Å²) in [4.78, 5) is 16.6.